The molecule has 3 amide bonds. The topological polar surface area (TPSA) is 159 Å². The molecule has 5 heterocycles. The van der Waals surface area contributed by atoms with Gasteiger partial charge in [-0.2, -0.15) is 10.1 Å². The zero-order valence-corrected chi connectivity index (χ0v) is 32.9. The van der Waals surface area contributed by atoms with Crippen LogP contribution in [0.25, 0.3) is 33.4 Å². The van der Waals surface area contributed by atoms with Crippen LogP contribution in [0.15, 0.2) is 83.5 Å². The Morgan fingerprint density at radius 2 is 1.65 bits per heavy atom. The van der Waals surface area contributed by atoms with Crippen molar-refractivity contribution in [2.24, 2.45) is 0 Å². The fourth-order valence-corrected chi connectivity index (χ4v) is 7.86. The Morgan fingerprint density at radius 3 is 2.35 bits per heavy atom. The van der Waals surface area contributed by atoms with Gasteiger partial charge >= 0.3 is 0 Å². The van der Waals surface area contributed by atoms with Gasteiger partial charge in [-0.1, -0.05) is 86.6 Å². The van der Waals surface area contributed by atoms with Crippen LogP contribution in [-0.4, -0.2) is 67.6 Å². The molecule has 3 aromatic heterocycles. The van der Waals surface area contributed by atoms with Crippen LogP contribution >= 0.6 is 0 Å². The van der Waals surface area contributed by atoms with Crippen LogP contribution in [0.3, 0.4) is 0 Å². The number of hydrogen-bond donors (Lipinski definition) is 3. The molecule has 2 aliphatic heterocycles. The van der Waals surface area contributed by atoms with E-state index in [-0.39, 0.29) is 34.9 Å². The summed E-state index contributed by atoms with van der Waals surface area (Å²) >= 11 is 0. The summed E-state index contributed by atoms with van der Waals surface area (Å²) in [6.45, 7) is 11.4. The average molecular weight is 765 g/mol. The summed E-state index contributed by atoms with van der Waals surface area (Å²) in [6.07, 6.45) is 6.08. The normalized spacial score (nSPS) is 16.9. The number of imide groups is 1. The number of benzene rings is 3. The van der Waals surface area contributed by atoms with Crippen molar-refractivity contribution < 1.29 is 18.9 Å². The zero-order chi connectivity index (χ0) is 39.7. The minimum Gasteiger partial charge on any atom is -0.345 e. The molecule has 6 aromatic rings. The molecular formula is C45H48N8O4. The van der Waals surface area contributed by atoms with E-state index in [0.717, 1.165) is 83.4 Å². The number of piperidine rings is 2. The number of aryl methyl sites for hydroxylation is 1. The number of likely N-dealkylation sites (tertiary alicyclic amines) is 1. The molecule has 3 N–H and O–H groups in total. The van der Waals surface area contributed by atoms with Crippen molar-refractivity contribution in [2.75, 3.05) is 19.6 Å². The standard InChI is InChI=1S/C45H48N8O4/c1-27-23-33(13-14-34(27)25-47-43(56)41-49-44(57-52-41)45(2,3)4)39-37-24-35(26-46-40(37)51-50-39)30-11-9-29(10-12-30)31-18-21-53(22-19-31)20-17-28-5-7-32(8-6-28)36-15-16-38(54)48-42(36)55/h5-14,23-24,26,31,36H,15-22,25H2,1-4H3,(H,47,56)(H,46,50,51)(H,48,54,55). The molecular weight excluding hydrogens is 717 g/mol. The number of rotatable bonds is 10. The minimum atomic E-state index is -0.379. The van der Waals surface area contributed by atoms with E-state index >= 15 is 0 Å². The fraction of sp³-hybridized carbons (Fsp3) is 0.356. The summed E-state index contributed by atoms with van der Waals surface area (Å²) < 4.78 is 5.27. The monoisotopic (exact) mass is 764 g/mol. The number of nitrogens with zero attached hydrogens (tertiary/aromatic N) is 5. The Bertz CT molecular complexity index is 2420. The fourth-order valence-electron chi connectivity index (χ4n) is 7.86. The van der Waals surface area contributed by atoms with E-state index in [0.29, 0.717) is 36.8 Å². The van der Waals surface area contributed by atoms with E-state index in [1.54, 1.807) is 0 Å². The first-order valence-electron chi connectivity index (χ1n) is 19.8. The summed E-state index contributed by atoms with van der Waals surface area (Å²) in [4.78, 5) is 48.0. The molecule has 8 rings (SSSR count). The lowest BCUT2D eigenvalue weighted by molar-refractivity contribution is -0.134. The Labute approximate surface area is 331 Å². The van der Waals surface area contributed by atoms with Crippen molar-refractivity contribution in [2.45, 2.75) is 83.6 Å². The van der Waals surface area contributed by atoms with Crippen LogP contribution in [0.4, 0.5) is 0 Å². The van der Waals surface area contributed by atoms with Gasteiger partial charge < -0.3 is 14.7 Å². The Kier molecular flexibility index (Phi) is 10.5. The second-order valence-electron chi connectivity index (χ2n) is 16.4. The smallest absolute Gasteiger partial charge is 0.292 e. The van der Waals surface area contributed by atoms with Gasteiger partial charge in [-0.3, -0.25) is 24.8 Å². The van der Waals surface area contributed by atoms with Crippen molar-refractivity contribution in [3.63, 3.8) is 0 Å². The molecule has 12 heteroatoms. The highest BCUT2D eigenvalue weighted by atomic mass is 16.5. The van der Waals surface area contributed by atoms with Crippen molar-refractivity contribution >= 4 is 28.8 Å². The molecule has 1 atom stereocenters. The lowest BCUT2D eigenvalue weighted by Crippen LogP contribution is -2.39. The number of aromatic amines is 1. The first kappa shape index (κ1) is 37.9. The molecule has 292 valence electrons. The number of aromatic nitrogens is 5. The summed E-state index contributed by atoms with van der Waals surface area (Å²) in [5.74, 6) is -0.00505. The second-order valence-corrected chi connectivity index (χ2v) is 16.4. The molecule has 57 heavy (non-hydrogen) atoms. The summed E-state index contributed by atoms with van der Waals surface area (Å²) in [5, 5.41) is 17.8. The summed E-state index contributed by atoms with van der Waals surface area (Å²) in [6, 6.07) is 25.6. The highest BCUT2D eigenvalue weighted by Crippen LogP contribution is 2.33. The number of pyridine rings is 1. The van der Waals surface area contributed by atoms with Gasteiger partial charge in [-0.15, -0.1) is 0 Å². The van der Waals surface area contributed by atoms with Crippen LogP contribution in [0.5, 0.6) is 0 Å². The molecule has 1 unspecified atom stereocenters. The van der Waals surface area contributed by atoms with Crippen molar-refractivity contribution in [1.29, 1.82) is 0 Å². The van der Waals surface area contributed by atoms with E-state index < -0.39 is 0 Å². The molecule has 2 aliphatic rings. The van der Waals surface area contributed by atoms with Crippen molar-refractivity contribution in [3.05, 3.63) is 119 Å². The van der Waals surface area contributed by atoms with Gasteiger partial charge in [0.05, 0.1) is 11.6 Å². The molecule has 0 bridgehead atoms. The number of carbonyl (C=O) groups excluding carboxylic acids is 3. The third kappa shape index (κ3) is 8.41. The van der Waals surface area contributed by atoms with Crippen LogP contribution in [-0.2, 0) is 28.0 Å². The highest BCUT2D eigenvalue weighted by Gasteiger charge is 2.28. The maximum Gasteiger partial charge on any atom is 0.292 e. The molecule has 3 aromatic carbocycles. The maximum atomic E-state index is 12.7. The number of carbonyl (C=O) groups is 3. The van der Waals surface area contributed by atoms with Crippen LogP contribution in [0.2, 0.25) is 0 Å². The summed E-state index contributed by atoms with van der Waals surface area (Å²) in [5.41, 5.74) is 9.98. The van der Waals surface area contributed by atoms with E-state index in [1.807, 2.05) is 58.2 Å². The largest absolute Gasteiger partial charge is 0.345 e. The molecule has 12 nitrogen and oxygen atoms in total. The zero-order valence-electron chi connectivity index (χ0n) is 32.9. The van der Waals surface area contributed by atoms with Gasteiger partial charge in [0.25, 0.3) is 11.7 Å². The number of amides is 3. The van der Waals surface area contributed by atoms with Gasteiger partial charge in [0.15, 0.2) is 5.65 Å². The average Bonchev–Trinajstić information content (AvgIpc) is 3.89. The Balaban J connectivity index is 0.854. The minimum absolute atomic E-state index is 0.0270. The van der Waals surface area contributed by atoms with E-state index in [2.05, 4.69) is 89.4 Å². The van der Waals surface area contributed by atoms with Gasteiger partial charge in [-0.05, 0) is 97.1 Å². The molecule has 0 aliphatic carbocycles. The van der Waals surface area contributed by atoms with E-state index in [4.69, 9.17) is 4.52 Å². The molecule has 2 saturated heterocycles. The van der Waals surface area contributed by atoms with Crippen LogP contribution in [0.1, 0.15) is 103 Å². The second kappa shape index (κ2) is 15.9. The Hall–Kier alpha value is -6.01. The van der Waals surface area contributed by atoms with Crippen LogP contribution in [0, 0.1) is 6.92 Å². The predicted molar refractivity (Wildman–Crippen MR) is 217 cm³/mol. The number of nitrogens with one attached hydrogen (secondary N) is 3. The molecule has 0 radical (unpaired) electrons. The van der Waals surface area contributed by atoms with Gasteiger partial charge in [-0.25, -0.2) is 4.98 Å². The molecule has 0 saturated carbocycles. The lowest BCUT2D eigenvalue weighted by Gasteiger charge is -2.32. The lowest BCUT2D eigenvalue weighted by atomic mass is 9.88. The first-order chi connectivity index (χ1) is 27.5. The Morgan fingerprint density at radius 1 is 0.912 bits per heavy atom. The van der Waals surface area contributed by atoms with E-state index in [1.165, 1.54) is 11.1 Å². The third-order valence-corrected chi connectivity index (χ3v) is 11.4. The number of H-pyrrole nitrogens is 1. The predicted octanol–water partition coefficient (Wildman–Crippen LogP) is 7.15. The van der Waals surface area contributed by atoms with E-state index in [9.17, 15) is 14.4 Å². The summed E-state index contributed by atoms with van der Waals surface area (Å²) in [7, 11) is 0. The first-order valence-corrected chi connectivity index (χ1v) is 19.8. The van der Waals surface area contributed by atoms with Crippen LogP contribution < -0.4 is 10.6 Å². The highest BCUT2D eigenvalue weighted by molar-refractivity contribution is 6.01. The number of fused-ring (bicyclic) bond motifs is 1. The van der Waals surface area contributed by atoms with Crippen molar-refractivity contribution in [3.8, 4) is 22.4 Å². The molecule has 0 spiro atoms. The third-order valence-electron chi connectivity index (χ3n) is 11.4. The SMILES string of the molecule is Cc1cc(-c2[nH]nc3ncc(-c4ccc(C5CCN(CCc6ccc(C7CCC(=O)NC7=O)cc6)CC5)cc4)cc23)ccc1CNC(=O)c1noc(C(C)(C)C)n1. The molecule has 2 fully saturated rings. The maximum absolute atomic E-state index is 12.7. The van der Waals surface area contributed by atoms with Gasteiger partial charge in [0, 0.05) is 47.6 Å². The van der Waals surface area contributed by atoms with Gasteiger partial charge in [0.1, 0.15) is 0 Å². The van der Waals surface area contributed by atoms with Gasteiger partial charge in [0.2, 0.25) is 17.7 Å². The number of hydrogen-bond acceptors (Lipinski definition) is 9. The quantitative estimate of drug-likeness (QED) is 0.123. The van der Waals surface area contributed by atoms with Crippen molar-refractivity contribution in [1.82, 2.24) is 40.9 Å².